The number of nitrogens with zero attached hydrogens (tertiary/aromatic N) is 3. The number of nitrogens with one attached hydrogen (secondary N) is 2. The van der Waals surface area contributed by atoms with Crippen LogP contribution in [0.4, 0.5) is 24.9 Å². The van der Waals surface area contributed by atoms with Gasteiger partial charge in [-0.2, -0.15) is 18.2 Å². The van der Waals surface area contributed by atoms with E-state index in [1.165, 1.54) is 11.8 Å². The molecule has 2 heterocycles. The number of hydrogen-bond donors (Lipinski definition) is 3. The Morgan fingerprint density at radius 3 is 2.77 bits per heavy atom. The molecule has 0 amide bonds. The van der Waals surface area contributed by atoms with Gasteiger partial charge in [0.05, 0.1) is 24.5 Å². The SMILES string of the molecule is COC1=CCC=CC2=C1N=C(c1c(C)nc(NCC(F)(F)F)nc1NC1CCC(C(C)O)C1)SC2. The molecule has 2 aliphatic carbocycles. The number of rotatable bonds is 7. The van der Waals surface area contributed by atoms with Crippen molar-refractivity contribution >= 4 is 28.6 Å². The minimum Gasteiger partial charge on any atom is -0.495 e. The second-order valence-corrected chi connectivity index (χ2v) is 9.93. The molecule has 7 nitrogen and oxygen atoms in total. The van der Waals surface area contributed by atoms with Crippen LogP contribution in [0.2, 0.25) is 0 Å². The number of allylic oxidation sites excluding steroid dienone is 3. The third kappa shape index (κ3) is 6.19. The number of anilines is 2. The van der Waals surface area contributed by atoms with E-state index >= 15 is 0 Å². The van der Waals surface area contributed by atoms with Crippen LogP contribution >= 0.6 is 11.8 Å². The third-order valence-corrected chi connectivity index (χ3v) is 7.36. The molecule has 1 fully saturated rings. The minimum absolute atomic E-state index is 0.0392. The topological polar surface area (TPSA) is 91.7 Å². The molecule has 1 aromatic heterocycles. The summed E-state index contributed by atoms with van der Waals surface area (Å²) in [5, 5.41) is 16.4. The molecular formula is C24H30F3N5O2S. The number of halogens is 3. The summed E-state index contributed by atoms with van der Waals surface area (Å²) in [6.07, 6.45) is 4.47. The summed E-state index contributed by atoms with van der Waals surface area (Å²) < 4.78 is 44.0. The van der Waals surface area contributed by atoms with Crippen LogP contribution in [0, 0.1) is 12.8 Å². The lowest BCUT2D eigenvalue weighted by Crippen LogP contribution is -2.25. The molecule has 3 N–H and O–H groups in total. The summed E-state index contributed by atoms with van der Waals surface area (Å²) in [4.78, 5) is 13.7. The molecule has 1 saturated carbocycles. The van der Waals surface area contributed by atoms with Gasteiger partial charge in [0.2, 0.25) is 5.95 Å². The van der Waals surface area contributed by atoms with Gasteiger partial charge in [0.25, 0.3) is 0 Å². The molecule has 190 valence electrons. The first-order valence-electron chi connectivity index (χ1n) is 11.6. The lowest BCUT2D eigenvalue weighted by molar-refractivity contribution is -0.115. The average Bonchev–Trinajstić information content (AvgIpc) is 3.17. The number of aliphatic hydroxyl groups excluding tert-OH is 1. The van der Waals surface area contributed by atoms with Gasteiger partial charge in [0, 0.05) is 11.8 Å². The number of ether oxygens (including phenoxy) is 1. The fraction of sp³-hybridized carbons (Fsp3) is 0.542. The second kappa shape index (κ2) is 10.6. The van der Waals surface area contributed by atoms with Crippen LogP contribution in [-0.4, -0.2) is 57.8 Å². The highest BCUT2D eigenvalue weighted by Crippen LogP contribution is 2.37. The van der Waals surface area contributed by atoms with E-state index in [4.69, 9.17) is 9.73 Å². The van der Waals surface area contributed by atoms with E-state index in [2.05, 4.69) is 26.7 Å². The normalized spacial score (nSPS) is 23.3. The van der Waals surface area contributed by atoms with E-state index in [9.17, 15) is 18.3 Å². The van der Waals surface area contributed by atoms with Crippen molar-refractivity contribution in [3.05, 3.63) is 46.5 Å². The third-order valence-electron chi connectivity index (χ3n) is 6.34. The zero-order valence-electron chi connectivity index (χ0n) is 19.9. The van der Waals surface area contributed by atoms with Gasteiger partial charge in [0.15, 0.2) is 0 Å². The van der Waals surface area contributed by atoms with Gasteiger partial charge >= 0.3 is 6.18 Å². The van der Waals surface area contributed by atoms with Crippen LogP contribution in [0.3, 0.4) is 0 Å². The maximum atomic E-state index is 12.8. The number of thioether (sulfide) groups is 1. The Kier molecular flexibility index (Phi) is 7.75. The van der Waals surface area contributed by atoms with Gasteiger partial charge in [-0.3, -0.25) is 0 Å². The highest BCUT2D eigenvalue weighted by molar-refractivity contribution is 8.14. The molecule has 0 bridgehead atoms. The van der Waals surface area contributed by atoms with Crippen LogP contribution in [0.1, 0.15) is 43.9 Å². The van der Waals surface area contributed by atoms with Crippen molar-refractivity contribution in [2.75, 3.05) is 30.0 Å². The molecule has 0 radical (unpaired) electrons. The second-order valence-electron chi connectivity index (χ2n) is 8.97. The van der Waals surface area contributed by atoms with E-state index in [-0.39, 0.29) is 17.9 Å². The molecule has 3 unspecified atom stereocenters. The Labute approximate surface area is 207 Å². The highest BCUT2D eigenvalue weighted by Gasteiger charge is 2.31. The highest BCUT2D eigenvalue weighted by atomic mass is 32.2. The summed E-state index contributed by atoms with van der Waals surface area (Å²) in [5.41, 5.74) is 2.99. The van der Waals surface area contributed by atoms with Gasteiger partial charge < -0.3 is 20.5 Å². The fourth-order valence-corrected chi connectivity index (χ4v) is 5.59. The van der Waals surface area contributed by atoms with Crippen molar-refractivity contribution in [1.82, 2.24) is 9.97 Å². The Morgan fingerprint density at radius 2 is 2.09 bits per heavy atom. The Morgan fingerprint density at radius 1 is 1.29 bits per heavy atom. The number of aromatic nitrogens is 2. The predicted octanol–water partition coefficient (Wildman–Crippen LogP) is 4.96. The van der Waals surface area contributed by atoms with E-state index in [1.54, 1.807) is 21.0 Å². The Hall–Kier alpha value is -2.53. The van der Waals surface area contributed by atoms with Gasteiger partial charge in [-0.15, -0.1) is 11.8 Å². The molecular weight excluding hydrogens is 479 g/mol. The number of alkyl halides is 3. The summed E-state index contributed by atoms with van der Waals surface area (Å²) in [6, 6.07) is 0.0392. The molecule has 1 aromatic rings. The minimum atomic E-state index is -4.39. The molecule has 1 aliphatic heterocycles. The zero-order chi connectivity index (χ0) is 25.2. The zero-order valence-corrected chi connectivity index (χ0v) is 20.8. The van der Waals surface area contributed by atoms with E-state index in [0.717, 1.165) is 37.0 Å². The standard InChI is InChI=1S/C24H30F3N5O2S/c1-13-19(22-31-20-16(11-35-22)6-4-5-7-18(20)34-3)21(30-17-9-8-15(10-17)14(2)33)32-23(29-13)28-12-24(25,26)27/h4,6-7,14-15,17,33H,5,8-12H2,1-3H3,(H2,28,29,30,32). The summed E-state index contributed by atoms with van der Waals surface area (Å²) in [5.74, 6) is 1.89. The summed E-state index contributed by atoms with van der Waals surface area (Å²) in [7, 11) is 1.61. The summed E-state index contributed by atoms with van der Waals surface area (Å²) in [6.45, 7) is 2.31. The van der Waals surface area contributed by atoms with Gasteiger partial charge in [-0.25, -0.2) is 9.98 Å². The van der Waals surface area contributed by atoms with E-state index < -0.39 is 18.8 Å². The lowest BCUT2D eigenvalue weighted by atomic mass is 10.0. The first kappa shape index (κ1) is 25.6. The number of methoxy groups -OCH3 is 1. The number of aliphatic hydroxyl groups is 1. The van der Waals surface area contributed by atoms with Crippen LogP contribution in [0.5, 0.6) is 0 Å². The lowest BCUT2D eigenvalue weighted by Gasteiger charge is -2.23. The molecule has 3 atom stereocenters. The Balaban J connectivity index is 1.71. The van der Waals surface area contributed by atoms with Crippen molar-refractivity contribution in [3.8, 4) is 0 Å². The van der Waals surface area contributed by atoms with Gasteiger partial charge in [-0.05, 0) is 57.1 Å². The molecule has 3 aliphatic rings. The van der Waals surface area contributed by atoms with Crippen LogP contribution in [0.15, 0.2) is 40.2 Å². The number of aliphatic imine (C=N–C) groups is 1. The largest absolute Gasteiger partial charge is 0.495 e. The van der Waals surface area contributed by atoms with Gasteiger partial charge in [0.1, 0.15) is 28.9 Å². The smallest absolute Gasteiger partial charge is 0.405 e. The fourth-order valence-electron chi connectivity index (χ4n) is 4.52. The molecule has 4 rings (SSSR count). The molecule has 0 aromatic carbocycles. The summed E-state index contributed by atoms with van der Waals surface area (Å²) >= 11 is 1.54. The van der Waals surface area contributed by atoms with Crippen LogP contribution < -0.4 is 10.6 Å². The molecule has 11 heteroatoms. The quantitative estimate of drug-likeness (QED) is 0.479. The Bertz CT molecular complexity index is 1080. The maximum Gasteiger partial charge on any atom is 0.405 e. The van der Waals surface area contributed by atoms with Crippen molar-refractivity contribution in [2.45, 2.75) is 57.9 Å². The van der Waals surface area contributed by atoms with Crippen molar-refractivity contribution in [2.24, 2.45) is 10.9 Å². The van der Waals surface area contributed by atoms with E-state index in [1.807, 2.05) is 12.2 Å². The number of aryl methyl sites for hydroxylation is 1. The number of hydrogen-bond acceptors (Lipinski definition) is 8. The predicted molar refractivity (Wildman–Crippen MR) is 133 cm³/mol. The first-order valence-corrected chi connectivity index (χ1v) is 12.6. The van der Waals surface area contributed by atoms with Crippen molar-refractivity contribution in [1.29, 1.82) is 0 Å². The van der Waals surface area contributed by atoms with Crippen LogP contribution in [-0.2, 0) is 4.74 Å². The molecule has 0 spiro atoms. The van der Waals surface area contributed by atoms with Crippen LogP contribution in [0.25, 0.3) is 0 Å². The maximum absolute atomic E-state index is 12.8. The van der Waals surface area contributed by atoms with E-state index in [0.29, 0.717) is 33.6 Å². The first-order chi connectivity index (χ1) is 16.6. The molecule has 35 heavy (non-hydrogen) atoms. The molecule has 0 saturated heterocycles. The monoisotopic (exact) mass is 509 g/mol. The van der Waals surface area contributed by atoms with Crippen molar-refractivity contribution in [3.63, 3.8) is 0 Å². The average molecular weight is 510 g/mol. The van der Waals surface area contributed by atoms with Crippen molar-refractivity contribution < 1.29 is 23.0 Å². The van der Waals surface area contributed by atoms with Gasteiger partial charge in [-0.1, -0.05) is 12.2 Å².